The molecule has 4 rings (SSSR count). The van der Waals surface area contributed by atoms with Gasteiger partial charge in [0, 0.05) is 24.2 Å². The van der Waals surface area contributed by atoms with E-state index >= 15 is 0 Å². The number of nitrogens with zero attached hydrogens (tertiary/aromatic N) is 1. The number of carbonyl (C=O) groups excluding carboxylic acids is 2. The minimum atomic E-state index is -4.29. The van der Waals surface area contributed by atoms with Crippen molar-refractivity contribution >= 4 is 27.3 Å². The number of Topliss-reactive ketones (excluding diaryl/α,β-unsaturated/α-hetero) is 2. The molecule has 0 spiro atoms. The molecule has 1 N–H and O–H groups in total. The third-order valence-corrected chi connectivity index (χ3v) is 7.45. The van der Waals surface area contributed by atoms with Crippen molar-refractivity contribution in [1.29, 1.82) is 0 Å². The van der Waals surface area contributed by atoms with Crippen LogP contribution in [0.1, 0.15) is 51.6 Å². The van der Waals surface area contributed by atoms with Crippen LogP contribution in [0, 0.1) is 19.8 Å². The fraction of sp³-hybridized carbons (Fsp3) is 0.333. The Labute approximate surface area is 183 Å². The lowest BCUT2D eigenvalue weighted by molar-refractivity contribution is 0.0933. The summed E-state index contributed by atoms with van der Waals surface area (Å²) < 4.78 is 29.6. The molecule has 1 heterocycles. The molecule has 0 saturated carbocycles. The van der Waals surface area contributed by atoms with Gasteiger partial charge in [-0.15, -0.1) is 0 Å². The Bertz CT molecular complexity index is 1210. The van der Waals surface area contributed by atoms with Crippen molar-refractivity contribution in [3.05, 3.63) is 75.3 Å². The molecule has 7 heteroatoms. The number of likely N-dealkylation sites (tertiary alicyclic amines) is 1. The van der Waals surface area contributed by atoms with Crippen molar-refractivity contribution in [2.24, 2.45) is 5.92 Å². The van der Waals surface area contributed by atoms with Crippen LogP contribution in [-0.2, 0) is 10.0 Å². The predicted molar refractivity (Wildman–Crippen MR) is 121 cm³/mol. The summed E-state index contributed by atoms with van der Waals surface area (Å²) in [5.74, 6) is -0.557. The molecule has 2 aromatic rings. The van der Waals surface area contributed by atoms with E-state index in [1.807, 2.05) is 13.0 Å². The van der Waals surface area contributed by atoms with E-state index in [1.165, 1.54) is 6.07 Å². The highest BCUT2D eigenvalue weighted by Crippen LogP contribution is 2.34. The van der Waals surface area contributed by atoms with E-state index in [0.29, 0.717) is 24.7 Å². The molecule has 0 aromatic heterocycles. The Morgan fingerprint density at radius 1 is 0.935 bits per heavy atom. The van der Waals surface area contributed by atoms with Crippen molar-refractivity contribution < 1.29 is 18.0 Å². The van der Waals surface area contributed by atoms with E-state index < -0.39 is 26.5 Å². The molecule has 0 radical (unpaired) electrons. The molecule has 1 aliphatic carbocycles. The van der Waals surface area contributed by atoms with Gasteiger partial charge in [-0.2, -0.15) is 0 Å². The number of allylic oxidation sites excluding steroid dienone is 2. The molecule has 2 aliphatic rings. The number of ketones is 2. The maximum absolute atomic E-state index is 13.5. The molecule has 31 heavy (non-hydrogen) atoms. The Morgan fingerprint density at radius 2 is 1.55 bits per heavy atom. The summed E-state index contributed by atoms with van der Waals surface area (Å²) in [5, 5.41) is 0. The minimum absolute atomic E-state index is 0.00661. The molecule has 1 aliphatic heterocycles. The predicted octanol–water partition coefficient (Wildman–Crippen LogP) is 4.07. The maximum atomic E-state index is 13.5. The first kappa shape index (κ1) is 21.3. The molecule has 162 valence electrons. The van der Waals surface area contributed by atoms with Gasteiger partial charge < -0.3 is 4.90 Å². The first-order valence-electron chi connectivity index (χ1n) is 10.5. The van der Waals surface area contributed by atoms with Crippen LogP contribution in [0.15, 0.2) is 53.1 Å². The third kappa shape index (κ3) is 3.90. The first-order chi connectivity index (χ1) is 14.7. The Balaban J connectivity index is 1.86. The molecule has 2 aromatic carbocycles. The quantitative estimate of drug-likeness (QED) is 0.778. The summed E-state index contributed by atoms with van der Waals surface area (Å²) in [5.41, 5.74) is 2.51. The van der Waals surface area contributed by atoms with E-state index in [4.69, 9.17) is 0 Å². The van der Waals surface area contributed by atoms with Crippen LogP contribution in [0.5, 0.6) is 0 Å². The van der Waals surface area contributed by atoms with E-state index in [-0.39, 0.29) is 16.8 Å². The Kier molecular flexibility index (Phi) is 5.47. The lowest BCUT2D eigenvalue weighted by atomic mass is 9.90. The van der Waals surface area contributed by atoms with E-state index in [9.17, 15) is 18.0 Å². The summed E-state index contributed by atoms with van der Waals surface area (Å²) >= 11 is 0. The zero-order chi connectivity index (χ0) is 22.3. The van der Waals surface area contributed by atoms with E-state index in [2.05, 4.69) is 11.6 Å². The number of fused-ring (bicyclic) bond motifs is 1. The van der Waals surface area contributed by atoms with Gasteiger partial charge in [-0.05, 0) is 44.2 Å². The molecular formula is C24H26N2O4S. The number of sulfonamides is 1. The van der Waals surface area contributed by atoms with Crippen molar-refractivity contribution in [2.45, 2.75) is 33.6 Å². The fourth-order valence-corrected chi connectivity index (χ4v) is 5.68. The zero-order valence-electron chi connectivity index (χ0n) is 17.9. The van der Waals surface area contributed by atoms with Gasteiger partial charge in [0.1, 0.15) is 5.70 Å². The molecule has 0 unspecified atom stereocenters. The largest absolute Gasteiger partial charge is 0.367 e. The number of hydrogen-bond acceptors (Lipinski definition) is 5. The normalized spacial score (nSPS) is 17.7. The number of benzene rings is 2. The van der Waals surface area contributed by atoms with Crippen LogP contribution < -0.4 is 4.72 Å². The number of rotatable bonds is 4. The molecule has 0 amide bonds. The highest BCUT2D eigenvalue weighted by Gasteiger charge is 2.42. The van der Waals surface area contributed by atoms with Gasteiger partial charge in [-0.25, -0.2) is 8.42 Å². The van der Waals surface area contributed by atoms with Gasteiger partial charge in [-0.1, -0.05) is 48.9 Å². The standard InChI is InChI=1S/C24H26N2O4S/c1-15-10-12-26(13-11-15)21-22(27)18-6-4-5-7-19(18)23(28)24(21)31(29,30)25-20-9-8-16(2)14-17(20)3/h4-9,14-15,25H,10-13H2,1-3H3. The highest BCUT2D eigenvalue weighted by atomic mass is 32.2. The van der Waals surface area contributed by atoms with Crippen LogP contribution in [0.3, 0.4) is 0 Å². The SMILES string of the molecule is Cc1ccc(NS(=O)(=O)C2=C(N3CCC(C)CC3)C(=O)c3ccccc3C2=O)c(C)c1. The molecule has 0 bridgehead atoms. The van der Waals surface area contributed by atoms with Crippen molar-refractivity contribution in [3.63, 3.8) is 0 Å². The number of hydrogen-bond donors (Lipinski definition) is 1. The summed E-state index contributed by atoms with van der Waals surface area (Å²) in [6, 6.07) is 11.8. The number of piperidine rings is 1. The molecule has 6 nitrogen and oxygen atoms in total. The van der Waals surface area contributed by atoms with E-state index in [0.717, 1.165) is 24.0 Å². The Morgan fingerprint density at radius 3 is 2.16 bits per heavy atom. The summed E-state index contributed by atoms with van der Waals surface area (Å²) in [7, 11) is -4.29. The highest BCUT2D eigenvalue weighted by molar-refractivity contribution is 7.97. The lowest BCUT2D eigenvalue weighted by Gasteiger charge is -2.35. The second kappa shape index (κ2) is 7.96. The average molecular weight is 439 g/mol. The van der Waals surface area contributed by atoms with Gasteiger partial charge >= 0.3 is 0 Å². The van der Waals surface area contributed by atoms with Crippen LogP contribution in [-0.4, -0.2) is 38.0 Å². The second-order valence-corrected chi connectivity index (χ2v) is 10.1. The van der Waals surface area contributed by atoms with Crippen molar-refractivity contribution in [3.8, 4) is 0 Å². The zero-order valence-corrected chi connectivity index (χ0v) is 18.8. The van der Waals surface area contributed by atoms with Crippen LogP contribution >= 0.6 is 0 Å². The number of anilines is 1. The van der Waals surface area contributed by atoms with Gasteiger partial charge in [0.25, 0.3) is 10.0 Å². The smallest absolute Gasteiger partial charge is 0.268 e. The fourth-order valence-electron chi connectivity index (χ4n) is 4.23. The molecule has 0 atom stereocenters. The number of carbonyl (C=O) groups is 2. The molecule has 1 fully saturated rings. The topological polar surface area (TPSA) is 83.6 Å². The summed E-state index contributed by atoms with van der Waals surface area (Å²) in [6.45, 7) is 6.94. The van der Waals surface area contributed by atoms with Crippen molar-refractivity contribution in [1.82, 2.24) is 4.90 Å². The van der Waals surface area contributed by atoms with Gasteiger partial charge in [-0.3, -0.25) is 14.3 Å². The second-order valence-electron chi connectivity index (χ2n) is 8.48. The molecule has 1 saturated heterocycles. The summed E-state index contributed by atoms with van der Waals surface area (Å²) in [6.07, 6.45) is 1.68. The third-order valence-electron chi connectivity index (χ3n) is 6.05. The Hall–Kier alpha value is -2.93. The maximum Gasteiger partial charge on any atom is 0.268 e. The number of aryl methyl sites for hydroxylation is 2. The van der Waals surface area contributed by atoms with Gasteiger partial charge in [0.2, 0.25) is 11.6 Å². The number of nitrogens with one attached hydrogen (secondary N) is 1. The summed E-state index contributed by atoms with van der Waals surface area (Å²) in [4.78, 5) is 28.1. The van der Waals surface area contributed by atoms with E-state index in [1.54, 1.807) is 42.2 Å². The van der Waals surface area contributed by atoms with Gasteiger partial charge in [0.15, 0.2) is 4.91 Å². The van der Waals surface area contributed by atoms with Gasteiger partial charge in [0.05, 0.1) is 5.69 Å². The van der Waals surface area contributed by atoms with Crippen LogP contribution in [0.4, 0.5) is 5.69 Å². The monoisotopic (exact) mass is 438 g/mol. The first-order valence-corrected chi connectivity index (χ1v) is 11.9. The minimum Gasteiger partial charge on any atom is -0.367 e. The van der Waals surface area contributed by atoms with Crippen LogP contribution in [0.2, 0.25) is 0 Å². The molecular weight excluding hydrogens is 412 g/mol. The van der Waals surface area contributed by atoms with Crippen LogP contribution in [0.25, 0.3) is 0 Å². The average Bonchev–Trinajstić information content (AvgIpc) is 2.73. The van der Waals surface area contributed by atoms with Crippen molar-refractivity contribution in [2.75, 3.05) is 17.8 Å². The lowest BCUT2D eigenvalue weighted by Crippen LogP contribution is -2.41.